The quantitative estimate of drug-likeness (QED) is 0.338. The smallest absolute Gasteiger partial charge is 0.322 e. The Kier molecular flexibility index (Phi) is 8.12. The Hall–Kier alpha value is -2.88. The highest BCUT2D eigenvalue weighted by Crippen LogP contribution is 2.53. The van der Waals surface area contributed by atoms with Gasteiger partial charge in [0.15, 0.2) is 0 Å². The molecule has 0 saturated carbocycles. The fourth-order valence-corrected chi connectivity index (χ4v) is 4.10. The molecule has 0 N–H and O–H groups in total. The number of nitrogens with zero attached hydrogens (tertiary/aromatic N) is 2. The number of fused-ring (bicyclic) bond motifs is 3. The summed E-state index contributed by atoms with van der Waals surface area (Å²) in [6.07, 6.45) is 0.672. The van der Waals surface area contributed by atoms with Gasteiger partial charge in [-0.2, -0.15) is 0 Å². The molecule has 0 radical (unpaired) electrons. The molecule has 1 saturated heterocycles. The third kappa shape index (κ3) is 4.75. The Morgan fingerprint density at radius 3 is 2.45 bits per heavy atom. The Morgan fingerprint density at radius 2 is 1.79 bits per heavy atom. The zero-order chi connectivity index (χ0) is 22.7. The number of carbonyl (C=O) groups is 1. The summed E-state index contributed by atoms with van der Waals surface area (Å²) in [4.78, 5) is 26.9. The van der Waals surface area contributed by atoms with Gasteiger partial charge in [-0.25, -0.2) is 0 Å². The maximum Gasteiger partial charge on any atom is 0.322 e. The molecule has 1 fully saturated rings. The van der Waals surface area contributed by atoms with Gasteiger partial charge < -0.3 is 18.9 Å². The van der Waals surface area contributed by atoms with Crippen LogP contribution >= 0.6 is 12.4 Å². The zero-order valence-corrected chi connectivity index (χ0v) is 19.4. The largest absolute Gasteiger partial charge is 0.496 e. The summed E-state index contributed by atoms with van der Waals surface area (Å²) in [7, 11) is 1.47. The molecule has 1 aliphatic carbocycles. The zero-order valence-electron chi connectivity index (χ0n) is 18.6. The molecule has 10 heteroatoms. The molecular formula is C23H27ClN2O7. The highest BCUT2D eigenvalue weighted by atomic mass is 35.5. The molecule has 178 valence electrons. The Labute approximate surface area is 198 Å². The van der Waals surface area contributed by atoms with Crippen molar-refractivity contribution in [3.05, 3.63) is 45.5 Å². The number of hydrogen-bond donors (Lipinski definition) is 0. The third-order valence-electron chi connectivity index (χ3n) is 5.61. The van der Waals surface area contributed by atoms with Crippen LogP contribution < -0.4 is 14.2 Å². The van der Waals surface area contributed by atoms with Crippen LogP contribution in [-0.4, -0.2) is 68.8 Å². The lowest BCUT2D eigenvalue weighted by Crippen LogP contribution is -2.38. The number of halogens is 1. The average Bonchev–Trinajstić information content (AvgIpc) is 3.11. The predicted molar refractivity (Wildman–Crippen MR) is 124 cm³/mol. The molecule has 33 heavy (non-hydrogen) atoms. The fraction of sp³-hybridized carbons (Fsp3) is 0.435. The van der Waals surface area contributed by atoms with Gasteiger partial charge in [-0.15, -0.1) is 12.4 Å². The van der Waals surface area contributed by atoms with Crippen LogP contribution in [0.15, 0.2) is 24.3 Å². The third-order valence-corrected chi connectivity index (χ3v) is 5.61. The van der Waals surface area contributed by atoms with E-state index in [1.807, 2.05) is 6.92 Å². The summed E-state index contributed by atoms with van der Waals surface area (Å²) in [6.45, 7) is 6.42. The molecule has 0 bridgehead atoms. The molecule has 1 aliphatic heterocycles. The van der Waals surface area contributed by atoms with Gasteiger partial charge in [-0.1, -0.05) is 19.1 Å². The fourth-order valence-electron chi connectivity index (χ4n) is 4.10. The Balaban J connectivity index is 0.00000306. The van der Waals surface area contributed by atoms with Crippen molar-refractivity contribution in [2.75, 3.05) is 53.2 Å². The van der Waals surface area contributed by atoms with Crippen molar-refractivity contribution in [2.24, 2.45) is 0 Å². The summed E-state index contributed by atoms with van der Waals surface area (Å²) in [6, 6.07) is 6.63. The number of carbonyl (C=O) groups excluding carboxylic acids is 1. The minimum Gasteiger partial charge on any atom is -0.496 e. The average molecular weight is 479 g/mol. The van der Waals surface area contributed by atoms with Gasteiger partial charge in [-0.3, -0.25) is 19.8 Å². The van der Waals surface area contributed by atoms with E-state index >= 15 is 0 Å². The van der Waals surface area contributed by atoms with Crippen LogP contribution in [-0.2, 0) is 4.74 Å². The Morgan fingerprint density at radius 1 is 1.06 bits per heavy atom. The van der Waals surface area contributed by atoms with E-state index in [-0.39, 0.29) is 29.4 Å². The van der Waals surface area contributed by atoms with Crippen LogP contribution in [0.4, 0.5) is 5.69 Å². The van der Waals surface area contributed by atoms with Crippen LogP contribution in [0.5, 0.6) is 17.2 Å². The van der Waals surface area contributed by atoms with E-state index in [1.165, 1.54) is 13.2 Å². The van der Waals surface area contributed by atoms with Crippen molar-refractivity contribution in [1.29, 1.82) is 0 Å². The number of benzene rings is 2. The summed E-state index contributed by atoms with van der Waals surface area (Å²) in [5, 5.41) is 12.0. The van der Waals surface area contributed by atoms with Crippen molar-refractivity contribution >= 4 is 23.9 Å². The Bertz CT molecular complexity index is 1040. The van der Waals surface area contributed by atoms with E-state index in [0.717, 1.165) is 19.6 Å². The molecule has 0 aromatic heterocycles. The molecule has 2 aromatic rings. The first-order valence-corrected chi connectivity index (χ1v) is 10.7. The molecule has 0 unspecified atom stereocenters. The second kappa shape index (κ2) is 10.8. The first-order chi connectivity index (χ1) is 15.6. The number of nitro benzene ring substituents is 1. The normalized spacial score (nSPS) is 14.8. The molecule has 0 spiro atoms. The molecule has 4 rings (SSSR count). The van der Waals surface area contributed by atoms with Gasteiger partial charge in [0.2, 0.25) is 11.5 Å². The summed E-state index contributed by atoms with van der Waals surface area (Å²) in [5.41, 5.74) is 0.911. The molecule has 2 aliphatic rings. The first-order valence-electron chi connectivity index (χ1n) is 10.7. The lowest BCUT2D eigenvalue weighted by molar-refractivity contribution is -0.386. The second-order valence-electron chi connectivity index (χ2n) is 7.59. The van der Waals surface area contributed by atoms with Crippen molar-refractivity contribution in [2.45, 2.75) is 13.3 Å². The summed E-state index contributed by atoms with van der Waals surface area (Å²) >= 11 is 0. The van der Waals surface area contributed by atoms with E-state index in [2.05, 4.69) is 4.90 Å². The van der Waals surface area contributed by atoms with Crippen LogP contribution in [0, 0.1) is 10.1 Å². The standard InChI is InChI=1S/C23H26N2O7.ClH/c1-3-10-31-18-14-17(29-2)20-19-15(23(26)21(20)22(18)25(27)28)5-4-6-16(19)32-13-9-24-7-11-30-12-8-24;/h4-6,14H,3,7-13H2,1-2H3;1H. The topological polar surface area (TPSA) is 100 Å². The second-order valence-corrected chi connectivity index (χ2v) is 7.59. The van der Waals surface area contributed by atoms with E-state index in [4.69, 9.17) is 18.9 Å². The molecular weight excluding hydrogens is 452 g/mol. The predicted octanol–water partition coefficient (Wildman–Crippen LogP) is 3.74. The van der Waals surface area contributed by atoms with Gasteiger partial charge in [0.25, 0.3) is 0 Å². The number of ether oxygens (including phenoxy) is 4. The minimum absolute atomic E-state index is 0. The maximum absolute atomic E-state index is 13.3. The van der Waals surface area contributed by atoms with Crippen LogP contribution in [0.3, 0.4) is 0 Å². The van der Waals surface area contributed by atoms with E-state index in [0.29, 0.717) is 61.0 Å². The number of methoxy groups -OCH3 is 1. The highest BCUT2D eigenvalue weighted by Gasteiger charge is 2.41. The van der Waals surface area contributed by atoms with E-state index in [9.17, 15) is 14.9 Å². The molecule has 2 aromatic carbocycles. The molecule has 9 nitrogen and oxygen atoms in total. The van der Waals surface area contributed by atoms with Crippen molar-refractivity contribution < 1.29 is 28.7 Å². The van der Waals surface area contributed by atoms with Gasteiger partial charge >= 0.3 is 5.69 Å². The lowest BCUT2D eigenvalue weighted by Gasteiger charge is -2.26. The van der Waals surface area contributed by atoms with Crippen molar-refractivity contribution in [3.8, 4) is 28.4 Å². The monoisotopic (exact) mass is 478 g/mol. The number of nitro groups is 1. The summed E-state index contributed by atoms with van der Waals surface area (Å²) < 4.78 is 22.6. The number of ketones is 1. The van der Waals surface area contributed by atoms with Gasteiger partial charge in [-0.05, 0) is 12.5 Å². The van der Waals surface area contributed by atoms with Crippen molar-refractivity contribution in [3.63, 3.8) is 0 Å². The SMILES string of the molecule is CCCOc1cc(OC)c2c(c1[N+](=O)[O-])C(=O)c1cccc(OCCN3CCOCC3)c1-2.Cl. The highest BCUT2D eigenvalue weighted by molar-refractivity contribution is 6.26. The van der Waals surface area contributed by atoms with Gasteiger partial charge in [0, 0.05) is 42.4 Å². The van der Waals surface area contributed by atoms with E-state index in [1.54, 1.807) is 18.2 Å². The van der Waals surface area contributed by atoms with Gasteiger partial charge in [0.1, 0.15) is 23.7 Å². The summed E-state index contributed by atoms with van der Waals surface area (Å²) in [5.74, 6) is 0.440. The first kappa shape index (κ1) is 24.8. The van der Waals surface area contributed by atoms with E-state index < -0.39 is 10.7 Å². The number of hydrogen-bond acceptors (Lipinski definition) is 8. The molecule has 0 amide bonds. The maximum atomic E-state index is 13.3. The number of morpholine rings is 1. The number of rotatable bonds is 9. The lowest BCUT2D eigenvalue weighted by atomic mass is 10.0. The van der Waals surface area contributed by atoms with Crippen LogP contribution in [0.2, 0.25) is 0 Å². The van der Waals surface area contributed by atoms with Gasteiger partial charge in [0.05, 0.1) is 31.9 Å². The molecule has 1 heterocycles. The van der Waals surface area contributed by atoms with Crippen molar-refractivity contribution in [1.82, 2.24) is 4.90 Å². The van der Waals surface area contributed by atoms with Crippen LogP contribution in [0.1, 0.15) is 29.3 Å². The van der Waals surface area contributed by atoms with Crippen LogP contribution in [0.25, 0.3) is 11.1 Å². The molecule has 0 atom stereocenters. The minimum atomic E-state index is -0.563.